The van der Waals surface area contributed by atoms with Gasteiger partial charge in [0.05, 0.1) is 0 Å². The Bertz CT molecular complexity index is 875. The second-order valence-corrected chi connectivity index (χ2v) is 16.3. The van der Waals surface area contributed by atoms with Crippen LogP contribution in [0.25, 0.3) is 0 Å². The van der Waals surface area contributed by atoms with Crippen molar-refractivity contribution in [2.45, 2.75) is 167 Å². The minimum atomic E-state index is -0.416. The van der Waals surface area contributed by atoms with E-state index in [1.54, 1.807) is 0 Å². The van der Waals surface area contributed by atoms with Crippen molar-refractivity contribution >= 4 is 12.2 Å². The van der Waals surface area contributed by atoms with Crippen LogP contribution in [-0.4, -0.2) is 55.3 Å². The smallest absolute Gasteiger partial charge is 1.00 e. The first kappa shape index (κ1) is 32.1. The first-order chi connectivity index (χ1) is 16.7. The number of rotatable bonds is 0. The van der Waals surface area contributed by atoms with Crippen molar-refractivity contribution in [3.8, 4) is 0 Å². The van der Waals surface area contributed by atoms with E-state index in [4.69, 9.17) is 9.47 Å². The molecule has 6 bridgehead atoms. The Balaban J connectivity index is 0.000000260. The van der Waals surface area contributed by atoms with E-state index in [0.29, 0.717) is 5.92 Å². The van der Waals surface area contributed by atoms with Gasteiger partial charge in [-0.05, 0) is 145 Å². The fourth-order valence-corrected chi connectivity index (χ4v) is 9.44. The number of ether oxygens (including phenoxy) is 2. The number of hydrogen-bond acceptors (Lipinski definition) is 4. The zero-order valence-corrected chi connectivity index (χ0v) is 28.6. The summed E-state index contributed by atoms with van der Waals surface area (Å²) in [7, 11) is 0. The molecular weight excluding hydrogens is 487 g/mol. The summed E-state index contributed by atoms with van der Waals surface area (Å²) in [5, 5.41) is 0. The molecule has 6 rings (SSSR count). The Kier molecular flexibility index (Phi) is 8.54. The number of piperidine rings is 4. The molecule has 214 valence electrons. The third-order valence-electron chi connectivity index (χ3n) is 9.79. The molecule has 6 nitrogen and oxygen atoms in total. The molecular formula is C31H55N2NaO4. The maximum Gasteiger partial charge on any atom is 1.00 e. The van der Waals surface area contributed by atoms with Crippen LogP contribution in [-0.2, 0) is 9.47 Å². The van der Waals surface area contributed by atoms with Gasteiger partial charge in [0.2, 0.25) is 0 Å². The largest absolute Gasteiger partial charge is 1.00 e. The van der Waals surface area contributed by atoms with Crippen molar-refractivity contribution < 1.29 is 50.0 Å². The monoisotopic (exact) mass is 542 g/mol. The summed E-state index contributed by atoms with van der Waals surface area (Å²) in [4.78, 5) is 29.4. The van der Waals surface area contributed by atoms with Crippen molar-refractivity contribution in [1.29, 1.82) is 0 Å². The van der Waals surface area contributed by atoms with Gasteiger partial charge in [-0.2, -0.15) is 0 Å². The number of fused-ring (bicyclic) bond motifs is 2. The molecule has 0 aromatic carbocycles. The first-order valence-electron chi connectivity index (χ1n) is 14.8. The molecule has 0 radical (unpaired) electrons. The molecule has 0 aromatic rings. The molecule has 0 aromatic heterocycles. The number of nitrogens with zero attached hydrogens (tertiary/aromatic N) is 2. The topological polar surface area (TPSA) is 59.1 Å². The molecule has 2 amide bonds. The van der Waals surface area contributed by atoms with Gasteiger partial charge in [0.25, 0.3) is 0 Å². The van der Waals surface area contributed by atoms with E-state index in [-0.39, 0.29) is 65.3 Å². The van der Waals surface area contributed by atoms with Crippen molar-refractivity contribution in [3.63, 3.8) is 0 Å². The third kappa shape index (κ3) is 6.08. The Morgan fingerprint density at radius 2 is 0.974 bits per heavy atom. The molecule has 2 unspecified atom stereocenters. The van der Waals surface area contributed by atoms with Gasteiger partial charge in [0.1, 0.15) is 11.2 Å². The zero-order valence-electron chi connectivity index (χ0n) is 27.6. The second-order valence-electron chi connectivity index (χ2n) is 16.3. The van der Waals surface area contributed by atoms with Crippen LogP contribution in [0.5, 0.6) is 0 Å². The maximum atomic E-state index is 12.6. The Morgan fingerprint density at radius 1 is 0.658 bits per heavy atom. The van der Waals surface area contributed by atoms with Gasteiger partial charge >= 0.3 is 41.7 Å². The van der Waals surface area contributed by atoms with Gasteiger partial charge in [0.15, 0.2) is 0 Å². The van der Waals surface area contributed by atoms with Crippen LogP contribution >= 0.6 is 0 Å². The predicted octanol–water partition coefficient (Wildman–Crippen LogP) is 5.05. The summed E-state index contributed by atoms with van der Waals surface area (Å²) in [5.41, 5.74) is -0.768. The molecule has 0 spiro atoms. The summed E-state index contributed by atoms with van der Waals surface area (Å²) in [6.07, 6.45) is 10.1. The molecule has 7 heteroatoms. The third-order valence-corrected chi connectivity index (χ3v) is 9.79. The molecule has 4 saturated heterocycles. The number of carbonyl (C=O) groups excluding carboxylic acids is 2. The maximum absolute atomic E-state index is 12.6. The molecule has 2 atom stereocenters. The number of amides is 2. The van der Waals surface area contributed by atoms with E-state index >= 15 is 0 Å². The van der Waals surface area contributed by atoms with E-state index in [1.165, 1.54) is 32.1 Å². The van der Waals surface area contributed by atoms with Crippen molar-refractivity contribution in [2.24, 2.45) is 17.8 Å². The molecule has 38 heavy (non-hydrogen) atoms. The van der Waals surface area contributed by atoms with E-state index in [2.05, 4.69) is 44.4 Å². The van der Waals surface area contributed by atoms with Gasteiger partial charge < -0.3 is 10.9 Å². The van der Waals surface area contributed by atoms with Crippen LogP contribution in [0.15, 0.2) is 0 Å². The fourth-order valence-electron chi connectivity index (χ4n) is 9.44. The second kappa shape index (κ2) is 10.1. The van der Waals surface area contributed by atoms with Crippen LogP contribution in [0, 0.1) is 17.8 Å². The zero-order chi connectivity index (χ0) is 27.8. The van der Waals surface area contributed by atoms with E-state index in [1.807, 2.05) is 41.5 Å². The Morgan fingerprint density at radius 3 is 1.29 bits per heavy atom. The molecule has 6 fully saturated rings. The van der Waals surface area contributed by atoms with Gasteiger partial charge in [-0.3, -0.25) is 9.80 Å². The first-order valence-corrected chi connectivity index (χ1v) is 14.8. The van der Waals surface area contributed by atoms with E-state index in [9.17, 15) is 9.59 Å². The van der Waals surface area contributed by atoms with Crippen molar-refractivity contribution in [3.05, 3.63) is 0 Å². The van der Waals surface area contributed by atoms with E-state index in [0.717, 1.165) is 37.5 Å². The van der Waals surface area contributed by atoms with Crippen LogP contribution < -0.4 is 29.6 Å². The Hall–Kier alpha value is -0.460. The molecule has 2 aliphatic carbocycles. The quantitative estimate of drug-likeness (QED) is 0.402. The minimum absolute atomic E-state index is 0. The Labute approximate surface area is 256 Å². The summed E-state index contributed by atoms with van der Waals surface area (Å²) < 4.78 is 11.3. The molecule has 2 saturated carbocycles. The molecule has 0 N–H and O–H groups in total. The molecule has 4 heterocycles. The minimum Gasteiger partial charge on any atom is -1.00 e. The summed E-state index contributed by atoms with van der Waals surface area (Å²) in [6, 6.07) is 0. The van der Waals surface area contributed by atoms with Gasteiger partial charge in [-0.25, -0.2) is 9.59 Å². The fraction of sp³-hybridized carbons (Fsp3) is 0.935. The SMILES string of the molecule is CC(C)(C)OC(=O)N1C2(C)CC3CC1(C)CC3C2.CC1CC2(C)CCCC(C)(C1)N2C(=O)OC(C)(C)C.[H-].[Na+]. The van der Waals surface area contributed by atoms with Gasteiger partial charge in [-0.1, -0.05) is 6.92 Å². The van der Waals surface area contributed by atoms with Crippen molar-refractivity contribution in [1.82, 2.24) is 9.80 Å². The summed E-state index contributed by atoms with van der Waals surface area (Å²) in [6.45, 7) is 23.0. The van der Waals surface area contributed by atoms with E-state index < -0.39 is 11.2 Å². The summed E-state index contributed by atoms with van der Waals surface area (Å²) >= 11 is 0. The average molecular weight is 543 g/mol. The predicted molar refractivity (Wildman–Crippen MR) is 149 cm³/mol. The van der Waals surface area contributed by atoms with Crippen LogP contribution in [0.1, 0.15) is 135 Å². The normalized spacial score (nSPS) is 41.2. The van der Waals surface area contributed by atoms with Crippen molar-refractivity contribution in [2.75, 3.05) is 0 Å². The van der Waals surface area contributed by atoms with Crippen LogP contribution in [0.2, 0.25) is 0 Å². The number of hydrogen-bond donors (Lipinski definition) is 0. The van der Waals surface area contributed by atoms with Gasteiger partial charge in [0, 0.05) is 22.2 Å². The van der Waals surface area contributed by atoms with Gasteiger partial charge in [-0.15, -0.1) is 0 Å². The average Bonchev–Trinajstić information content (AvgIpc) is 3.00. The van der Waals surface area contributed by atoms with Crippen LogP contribution in [0.4, 0.5) is 9.59 Å². The molecule has 4 aliphatic heterocycles. The van der Waals surface area contributed by atoms with Crippen LogP contribution in [0.3, 0.4) is 0 Å². The molecule has 6 aliphatic rings. The summed E-state index contributed by atoms with van der Waals surface area (Å²) in [5.74, 6) is 2.38. The number of carbonyl (C=O) groups is 2. The standard InChI is InChI=1S/C16H29NO2.C15H25NO2.Na.H/c1-12-10-15(5)8-7-9-16(6,11-12)17(15)13(18)19-14(2,3)4;1-13(2,3)18-12(17)16-14(4)6-10-8-15(16,5)9-11(10)7-14;;/h12H,7-11H2,1-6H3;10-11H,6-9H2,1-5H3;;/q;;+1;-1.